The van der Waals surface area contributed by atoms with E-state index in [4.69, 9.17) is 14.4 Å². The molecule has 0 saturated carbocycles. The molecule has 1 aromatic carbocycles. The second-order valence-corrected chi connectivity index (χ2v) is 8.22. The van der Waals surface area contributed by atoms with E-state index in [1.165, 1.54) is 0 Å². The van der Waals surface area contributed by atoms with Gasteiger partial charge in [-0.2, -0.15) is 0 Å². The predicted octanol–water partition coefficient (Wildman–Crippen LogP) is 4.98. The molecule has 2 aliphatic heterocycles. The summed E-state index contributed by atoms with van der Waals surface area (Å²) in [6, 6.07) is 22.7. The third-order valence-electron chi connectivity index (χ3n) is 5.57. The summed E-state index contributed by atoms with van der Waals surface area (Å²) >= 11 is 0. The number of benzene rings is 1. The number of hydrogen-bond acceptors (Lipinski definition) is 3. The van der Waals surface area contributed by atoms with Crippen molar-refractivity contribution in [3.63, 3.8) is 0 Å². The van der Waals surface area contributed by atoms with Gasteiger partial charge < -0.3 is 14.4 Å². The minimum Gasteiger partial charge on any atom is -0.553 e. The van der Waals surface area contributed by atoms with Crippen molar-refractivity contribution in [1.82, 2.24) is 19.9 Å². The number of aromatic amines is 2. The molecule has 6 rings (SSSR count). The van der Waals surface area contributed by atoms with Crippen LogP contribution in [0.1, 0.15) is 22.8 Å². The second-order valence-electron chi connectivity index (χ2n) is 7.82. The standard InChI is InChI=1S/C26H20N4OSi/c32-31-24-9-1-16(2-10-24)25-14-23-13-21-6-5-19(28-21)11-17-3-4-18(27-17)12-20-7-8-22(29-20)15-26(25)30-23/h1-15,27,30H,32H3. The minimum atomic E-state index is 0.677. The quantitative estimate of drug-likeness (QED) is 0.379. The van der Waals surface area contributed by atoms with Crippen LogP contribution in [0.2, 0.25) is 0 Å². The third-order valence-corrected chi connectivity index (χ3v) is 6.04. The van der Waals surface area contributed by atoms with Gasteiger partial charge in [0.25, 0.3) is 0 Å². The molecule has 0 spiro atoms. The van der Waals surface area contributed by atoms with Crippen molar-refractivity contribution in [2.75, 3.05) is 0 Å². The van der Waals surface area contributed by atoms with Crippen LogP contribution in [0, 0.1) is 0 Å². The van der Waals surface area contributed by atoms with E-state index in [9.17, 15) is 0 Å². The summed E-state index contributed by atoms with van der Waals surface area (Å²) in [6.45, 7) is 0. The molecule has 154 valence electrons. The maximum absolute atomic E-state index is 5.46. The molecule has 5 heterocycles. The van der Waals surface area contributed by atoms with Crippen LogP contribution >= 0.6 is 0 Å². The first-order valence-corrected chi connectivity index (χ1v) is 11.3. The van der Waals surface area contributed by atoms with Gasteiger partial charge in [-0.05, 0) is 84.5 Å². The van der Waals surface area contributed by atoms with Gasteiger partial charge in [0.1, 0.15) is 5.75 Å². The molecule has 0 atom stereocenters. The number of H-pyrrole nitrogens is 2. The number of aromatic nitrogens is 4. The Morgan fingerprint density at radius 2 is 1.16 bits per heavy atom. The molecule has 32 heavy (non-hydrogen) atoms. The lowest BCUT2D eigenvalue weighted by Crippen LogP contribution is -1.84. The van der Waals surface area contributed by atoms with Crippen LogP contribution in [0.4, 0.5) is 0 Å². The first kappa shape index (κ1) is 18.6. The minimum absolute atomic E-state index is 0.677. The van der Waals surface area contributed by atoms with E-state index in [2.05, 4.69) is 52.4 Å². The number of fused-ring (bicyclic) bond motifs is 8. The smallest absolute Gasteiger partial charge is 0.204 e. The van der Waals surface area contributed by atoms with Gasteiger partial charge in [-0.1, -0.05) is 12.1 Å². The fourth-order valence-corrected chi connectivity index (χ4v) is 4.30. The highest BCUT2D eigenvalue weighted by Gasteiger charge is 2.07. The summed E-state index contributed by atoms with van der Waals surface area (Å²) < 4.78 is 5.46. The summed E-state index contributed by atoms with van der Waals surface area (Å²) in [5.74, 6) is 0.897. The zero-order valence-electron chi connectivity index (χ0n) is 17.5. The Morgan fingerprint density at radius 3 is 1.75 bits per heavy atom. The molecule has 0 saturated heterocycles. The van der Waals surface area contributed by atoms with Crippen LogP contribution in [0.25, 0.3) is 57.5 Å². The van der Waals surface area contributed by atoms with Crippen molar-refractivity contribution in [3.05, 3.63) is 89.5 Å². The summed E-state index contributed by atoms with van der Waals surface area (Å²) in [4.78, 5) is 16.5. The van der Waals surface area contributed by atoms with Gasteiger partial charge in [0.15, 0.2) is 0 Å². The Balaban J connectivity index is 1.64. The van der Waals surface area contributed by atoms with E-state index < -0.39 is 0 Å². The van der Waals surface area contributed by atoms with Crippen molar-refractivity contribution in [3.8, 4) is 16.9 Å². The molecule has 6 heteroatoms. The van der Waals surface area contributed by atoms with E-state index in [1.54, 1.807) is 0 Å². The van der Waals surface area contributed by atoms with Crippen molar-refractivity contribution < 1.29 is 4.43 Å². The highest BCUT2D eigenvalue weighted by Crippen LogP contribution is 2.29. The summed E-state index contributed by atoms with van der Waals surface area (Å²) in [7, 11) is 0.677. The van der Waals surface area contributed by atoms with Gasteiger partial charge in [0.05, 0.1) is 22.8 Å². The van der Waals surface area contributed by atoms with Crippen LogP contribution < -0.4 is 4.43 Å². The molecule has 5 nitrogen and oxygen atoms in total. The molecule has 4 aromatic rings. The molecule has 0 radical (unpaired) electrons. The summed E-state index contributed by atoms with van der Waals surface area (Å²) in [6.07, 6.45) is 8.14. The average molecular weight is 433 g/mol. The van der Waals surface area contributed by atoms with E-state index in [0.29, 0.717) is 10.5 Å². The monoisotopic (exact) mass is 432 g/mol. The van der Waals surface area contributed by atoms with Crippen LogP contribution in [-0.4, -0.2) is 30.4 Å². The predicted molar refractivity (Wildman–Crippen MR) is 135 cm³/mol. The van der Waals surface area contributed by atoms with Crippen molar-refractivity contribution in [2.45, 2.75) is 0 Å². The van der Waals surface area contributed by atoms with Crippen LogP contribution in [0.5, 0.6) is 5.75 Å². The topological polar surface area (TPSA) is 66.6 Å². The molecule has 2 N–H and O–H groups in total. The Hall–Kier alpha value is -4.16. The van der Waals surface area contributed by atoms with Crippen LogP contribution in [0.15, 0.2) is 66.7 Å². The first-order valence-electron chi connectivity index (χ1n) is 10.4. The number of nitrogens with zero attached hydrogens (tertiary/aromatic N) is 2. The van der Waals surface area contributed by atoms with E-state index in [1.807, 2.05) is 48.6 Å². The Morgan fingerprint density at radius 1 is 0.594 bits per heavy atom. The zero-order chi connectivity index (χ0) is 21.5. The fraction of sp³-hybridized carbons (Fsp3) is 0. The molecule has 0 amide bonds. The highest BCUT2D eigenvalue weighted by molar-refractivity contribution is 6.00. The Bertz CT molecular complexity index is 1560. The van der Waals surface area contributed by atoms with E-state index in [0.717, 1.165) is 61.7 Å². The maximum atomic E-state index is 5.46. The summed E-state index contributed by atoms with van der Waals surface area (Å²) in [5.41, 5.74) is 9.91. The molecule has 0 fully saturated rings. The van der Waals surface area contributed by atoms with Crippen LogP contribution in [0.3, 0.4) is 0 Å². The van der Waals surface area contributed by atoms with Crippen molar-refractivity contribution >= 4 is 56.9 Å². The molecule has 8 bridgehead atoms. The van der Waals surface area contributed by atoms with Crippen molar-refractivity contribution in [2.24, 2.45) is 0 Å². The van der Waals surface area contributed by atoms with E-state index in [-0.39, 0.29) is 0 Å². The van der Waals surface area contributed by atoms with Gasteiger partial charge in [-0.15, -0.1) is 0 Å². The van der Waals surface area contributed by atoms with Crippen molar-refractivity contribution in [1.29, 1.82) is 0 Å². The molecule has 2 aliphatic rings. The van der Waals surface area contributed by atoms with E-state index >= 15 is 0 Å². The Kier molecular flexibility index (Phi) is 4.36. The maximum Gasteiger partial charge on any atom is 0.204 e. The van der Waals surface area contributed by atoms with Gasteiger partial charge >= 0.3 is 0 Å². The lowest BCUT2D eigenvalue weighted by atomic mass is 10.1. The lowest BCUT2D eigenvalue weighted by molar-refractivity contribution is 0.616. The lowest BCUT2D eigenvalue weighted by Gasteiger charge is -2.02. The average Bonchev–Trinajstić information content (AvgIpc) is 3.59. The zero-order valence-corrected chi connectivity index (χ0v) is 19.5. The SMILES string of the molecule is [SiH3]Oc1ccc(-c2cc3cc4nc(cc5ccc(cc6nc(cc2[nH]3)C=C6)[nH]5)C=C4)cc1. The molecular weight excluding hydrogens is 412 g/mol. The molecular formula is C26H20N4OSi. The van der Waals surface area contributed by atoms with Gasteiger partial charge in [0.2, 0.25) is 10.5 Å². The number of rotatable bonds is 2. The third kappa shape index (κ3) is 3.57. The van der Waals surface area contributed by atoms with Crippen LogP contribution in [-0.2, 0) is 0 Å². The number of hydrogen-bond donors (Lipinski definition) is 2. The summed E-state index contributed by atoms with van der Waals surface area (Å²) in [5, 5.41) is 0. The van der Waals surface area contributed by atoms with Gasteiger partial charge in [-0.3, -0.25) is 0 Å². The highest BCUT2D eigenvalue weighted by atomic mass is 28.2. The fourth-order valence-electron chi connectivity index (χ4n) is 4.03. The van der Waals surface area contributed by atoms with Gasteiger partial charge in [0, 0.05) is 27.6 Å². The normalized spacial score (nSPS) is 12.4. The Labute approximate surface area is 187 Å². The molecule has 0 aliphatic carbocycles. The second kappa shape index (κ2) is 7.51. The number of nitrogens with one attached hydrogen (secondary N) is 2. The molecule has 0 unspecified atom stereocenters. The first-order chi connectivity index (χ1) is 15.7. The van der Waals surface area contributed by atoms with Gasteiger partial charge in [-0.25, -0.2) is 9.97 Å². The molecule has 3 aromatic heterocycles. The largest absolute Gasteiger partial charge is 0.553 e.